The minimum Gasteiger partial charge on any atom is -0.497 e. The Kier molecular flexibility index (Phi) is 5.91. The van der Waals surface area contributed by atoms with Crippen LogP contribution >= 0.6 is 0 Å². The molecule has 2 heterocycles. The average molecular weight is 381 g/mol. The first kappa shape index (κ1) is 19.0. The van der Waals surface area contributed by atoms with Gasteiger partial charge in [0.05, 0.1) is 19.1 Å². The highest BCUT2D eigenvalue weighted by Gasteiger charge is 2.12. The third kappa shape index (κ3) is 4.47. The van der Waals surface area contributed by atoms with Crippen molar-refractivity contribution in [3.05, 3.63) is 76.3 Å². The van der Waals surface area contributed by atoms with E-state index in [4.69, 9.17) is 9.15 Å². The maximum atomic E-state index is 12.2. The summed E-state index contributed by atoms with van der Waals surface area (Å²) in [7, 11) is 1.55. The molecule has 28 heavy (non-hydrogen) atoms. The molecule has 0 saturated carbocycles. The molecule has 0 aliphatic carbocycles. The summed E-state index contributed by atoms with van der Waals surface area (Å²) >= 11 is 0. The van der Waals surface area contributed by atoms with Gasteiger partial charge in [-0.3, -0.25) is 14.4 Å². The molecule has 0 spiro atoms. The molecule has 0 bridgehead atoms. The summed E-state index contributed by atoms with van der Waals surface area (Å²) in [5.41, 5.74) is 0.431. The average Bonchev–Trinajstić information content (AvgIpc) is 3.25. The van der Waals surface area contributed by atoms with Crippen LogP contribution in [0, 0.1) is 0 Å². The van der Waals surface area contributed by atoms with Crippen LogP contribution in [-0.2, 0) is 0 Å². The summed E-state index contributed by atoms with van der Waals surface area (Å²) in [4.78, 5) is 38.9. The van der Waals surface area contributed by atoms with Crippen LogP contribution < -0.4 is 20.9 Å². The van der Waals surface area contributed by atoms with Crippen molar-refractivity contribution in [2.24, 2.45) is 0 Å². The molecule has 3 aromatic rings. The molecule has 0 aliphatic heterocycles. The smallest absolute Gasteiger partial charge is 0.261 e. The Hall–Kier alpha value is -3.81. The highest BCUT2D eigenvalue weighted by atomic mass is 16.5. The van der Waals surface area contributed by atoms with E-state index in [1.807, 2.05) is 0 Å². The Labute approximate surface area is 160 Å². The van der Waals surface area contributed by atoms with Gasteiger partial charge in [-0.1, -0.05) is 0 Å². The first-order chi connectivity index (χ1) is 13.6. The van der Waals surface area contributed by atoms with Crippen molar-refractivity contribution in [3.8, 4) is 17.2 Å². The van der Waals surface area contributed by atoms with Gasteiger partial charge in [-0.2, -0.15) is 0 Å². The minimum atomic E-state index is -0.522. The second kappa shape index (κ2) is 8.72. The Morgan fingerprint density at radius 1 is 1.00 bits per heavy atom. The summed E-state index contributed by atoms with van der Waals surface area (Å²) < 4.78 is 10.2. The molecule has 2 aromatic heterocycles. The van der Waals surface area contributed by atoms with Gasteiger partial charge < -0.3 is 24.8 Å². The van der Waals surface area contributed by atoms with Crippen molar-refractivity contribution >= 4 is 11.8 Å². The number of nitrogens with one attached hydrogen (secondary N) is 3. The lowest BCUT2D eigenvalue weighted by atomic mass is 10.2. The van der Waals surface area contributed by atoms with Gasteiger partial charge in [-0.05, 0) is 48.5 Å². The zero-order valence-electron chi connectivity index (χ0n) is 15.2. The van der Waals surface area contributed by atoms with Crippen LogP contribution in [0.3, 0.4) is 0 Å². The van der Waals surface area contributed by atoms with Gasteiger partial charge in [0.25, 0.3) is 17.4 Å². The third-order valence-corrected chi connectivity index (χ3v) is 3.99. The van der Waals surface area contributed by atoms with E-state index in [0.717, 1.165) is 0 Å². The lowest BCUT2D eigenvalue weighted by molar-refractivity contribution is 0.0927. The molecule has 0 atom stereocenters. The van der Waals surface area contributed by atoms with E-state index in [1.54, 1.807) is 49.6 Å². The number of pyridine rings is 1. The minimum absolute atomic E-state index is 0.0169. The first-order valence-corrected chi connectivity index (χ1v) is 8.56. The van der Waals surface area contributed by atoms with Gasteiger partial charge in [0, 0.05) is 18.7 Å². The molecule has 8 heteroatoms. The molecule has 0 aliphatic rings. The van der Waals surface area contributed by atoms with E-state index in [0.29, 0.717) is 22.8 Å². The van der Waals surface area contributed by atoms with Crippen LogP contribution in [0.5, 0.6) is 5.75 Å². The maximum Gasteiger partial charge on any atom is 0.261 e. The number of furan rings is 1. The molecular weight excluding hydrogens is 362 g/mol. The Morgan fingerprint density at radius 2 is 1.71 bits per heavy atom. The summed E-state index contributed by atoms with van der Waals surface area (Å²) in [6.45, 7) is 0.402. The molecule has 2 amide bonds. The molecule has 1 aromatic carbocycles. The normalized spacial score (nSPS) is 10.3. The lowest BCUT2D eigenvalue weighted by Gasteiger charge is -2.08. The third-order valence-electron chi connectivity index (χ3n) is 3.99. The number of H-pyrrole nitrogens is 1. The van der Waals surface area contributed by atoms with E-state index in [2.05, 4.69) is 15.6 Å². The zero-order valence-corrected chi connectivity index (χ0v) is 15.2. The number of benzene rings is 1. The highest BCUT2D eigenvalue weighted by Crippen LogP contribution is 2.15. The van der Waals surface area contributed by atoms with Gasteiger partial charge in [0.2, 0.25) is 0 Å². The van der Waals surface area contributed by atoms with Crippen molar-refractivity contribution in [2.45, 2.75) is 0 Å². The van der Waals surface area contributed by atoms with Gasteiger partial charge in [-0.15, -0.1) is 0 Å². The van der Waals surface area contributed by atoms with Crippen LogP contribution in [-0.4, -0.2) is 37.0 Å². The number of carbonyl (C=O) groups is 2. The summed E-state index contributed by atoms with van der Waals surface area (Å²) in [6.07, 6.45) is 1.49. The predicted octanol–water partition coefficient (Wildman–Crippen LogP) is 1.80. The molecule has 0 saturated heterocycles. The number of aromatic nitrogens is 1. The fourth-order valence-electron chi connectivity index (χ4n) is 2.52. The van der Waals surface area contributed by atoms with Crippen LogP contribution in [0.25, 0.3) is 11.5 Å². The number of ether oxygens (including phenoxy) is 1. The van der Waals surface area contributed by atoms with Crippen LogP contribution in [0.4, 0.5) is 0 Å². The van der Waals surface area contributed by atoms with E-state index < -0.39 is 11.5 Å². The topological polar surface area (TPSA) is 113 Å². The van der Waals surface area contributed by atoms with Gasteiger partial charge >= 0.3 is 0 Å². The molecule has 3 rings (SSSR count). The highest BCUT2D eigenvalue weighted by molar-refractivity contribution is 5.95. The summed E-state index contributed by atoms with van der Waals surface area (Å²) in [5.74, 6) is 0.376. The molecule has 8 nitrogen and oxygen atoms in total. The van der Waals surface area contributed by atoms with E-state index in [1.165, 1.54) is 12.3 Å². The quantitative estimate of drug-likeness (QED) is 0.540. The summed E-state index contributed by atoms with van der Waals surface area (Å²) in [6, 6.07) is 13.1. The van der Waals surface area contributed by atoms with Crippen molar-refractivity contribution in [1.82, 2.24) is 15.6 Å². The molecule has 0 unspecified atom stereocenters. The standard InChI is InChI=1S/C20H19N3O5/c1-27-14-6-4-13(5-7-14)18(24)21-10-11-22-19(25)15-8-9-16(23-20(15)26)17-3-2-12-28-17/h2-9,12H,10-11H2,1H3,(H,21,24)(H,22,25)(H,23,26). The fraction of sp³-hybridized carbons (Fsp3) is 0.150. The molecule has 144 valence electrons. The monoisotopic (exact) mass is 381 g/mol. The lowest BCUT2D eigenvalue weighted by Crippen LogP contribution is -2.36. The number of rotatable bonds is 7. The number of hydrogen-bond donors (Lipinski definition) is 3. The SMILES string of the molecule is COc1ccc(C(=O)NCCNC(=O)c2ccc(-c3ccco3)[nH]c2=O)cc1. The maximum absolute atomic E-state index is 12.2. The molecule has 0 fully saturated rings. The second-order valence-electron chi connectivity index (χ2n) is 5.83. The number of hydrogen-bond acceptors (Lipinski definition) is 5. The summed E-state index contributed by atoms with van der Waals surface area (Å²) in [5, 5.41) is 5.29. The second-order valence-corrected chi connectivity index (χ2v) is 5.83. The largest absolute Gasteiger partial charge is 0.497 e. The fourth-order valence-corrected chi connectivity index (χ4v) is 2.52. The number of methoxy groups -OCH3 is 1. The Balaban J connectivity index is 1.50. The van der Waals surface area contributed by atoms with Crippen molar-refractivity contribution in [1.29, 1.82) is 0 Å². The zero-order chi connectivity index (χ0) is 19.9. The van der Waals surface area contributed by atoms with Crippen molar-refractivity contribution < 1.29 is 18.7 Å². The van der Waals surface area contributed by atoms with Crippen molar-refractivity contribution in [2.75, 3.05) is 20.2 Å². The van der Waals surface area contributed by atoms with Crippen LogP contribution in [0.15, 0.2) is 64.0 Å². The van der Waals surface area contributed by atoms with Crippen molar-refractivity contribution in [3.63, 3.8) is 0 Å². The molecule has 0 radical (unpaired) electrons. The first-order valence-electron chi connectivity index (χ1n) is 8.56. The number of aromatic amines is 1. The predicted molar refractivity (Wildman–Crippen MR) is 102 cm³/mol. The number of amides is 2. The number of carbonyl (C=O) groups excluding carboxylic acids is 2. The molecular formula is C20H19N3O5. The van der Waals surface area contributed by atoms with Gasteiger partial charge in [-0.25, -0.2) is 0 Å². The van der Waals surface area contributed by atoms with E-state index in [-0.39, 0.29) is 24.6 Å². The van der Waals surface area contributed by atoms with Crippen LogP contribution in [0.2, 0.25) is 0 Å². The van der Waals surface area contributed by atoms with Gasteiger partial charge in [0.1, 0.15) is 17.1 Å². The van der Waals surface area contributed by atoms with E-state index in [9.17, 15) is 14.4 Å². The Morgan fingerprint density at radius 3 is 2.32 bits per heavy atom. The van der Waals surface area contributed by atoms with E-state index >= 15 is 0 Å². The van der Waals surface area contributed by atoms with Gasteiger partial charge in [0.15, 0.2) is 0 Å². The molecule has 3 N–H and O–H groups in total. The van der Waals surface area contributed by atoms with Crippen LogP contribution in [0.1, 0.15) is 20.7 Å². The Bertz CT molecular complexity index is 1010.